The molecule has 6 aromatic rings. The quantitative estimate of drug-likeness (QED) is 0.124. The molecule has 3 fully saturated rings. The monoisotopic (exact) mass is 932 g/mol. The van der Waals surface area contributed by atoms with Crippen LogP contribution in [0.5, 0.6) is 11.6 Å². The number of hydrogen-bond acceptors (Lipinski definition) is 14. The average molecular weight is 934 g/mol. The number of anilines is 1. The largest absolute Gasteiger partial charge is 0.487 e. The number of aromatic nitrogens is 4. The fraction of sp³-hybridized carbons (Fsp3) is 0.420. The van der Waals surface area contributed by atoms with Crippen molar-refractivity contribution in [3.05, 3.63) is 112 Å². The number of carbonyl (C=O) groups excluding carboxylic acids is 1. The first kappa shape index (κ1) is 44.5. The highest BCUT2D eigenvalue weighted by Crippen LogP contribution is 2.49. The first-order chi connectivity index (χ1) is 32.2. The van der Waals surface area contributed by atoms with E-state index in [-0.39, 0.29) is 43.4 Å². The molecular formula is C50H54ClFN8O5S. The van der Waals surface area contributed by atoms with Gasteiger partial charge in [-0.05, 0) is 91.4 Å². The number of likely N-dealkylation sites (N-methyl/N-ethyl adjacent to an activating group) is 1. The van der Waals surface area contributed by atoms with Crippen LogP contribution < -0.4 is 14.4 Å². The third kappa shape index (κ3) is 9.34. The van der Waals surface area contributed by atoms with E-state index in [2.05, 4.69) is 60.9 Å². The zero-order valence-electron chi connectivity index (χ0n) is 37.5. The third-order valence-corrected chi connectivity index (χ3v) is 15.0. The highest BCUT2D eigenvalue weighted by Gasteiger charge is 2.39. The Balaban J connectivity index is 1.06. The molecule has 3 atom stereocenters. The van der Waals surface area contributed by atoms with Crippen molar-refractivity contribution in [3.8, 4) is 33.2 Å². The van der Waals surface area contributed by atoms with Crippen molar-refractivity contribution in [1.82, 2.24) is 34.6 Å². The molecule has 16 heteroatoms. The van der Waals surface area contributed by atoms with Crippen molar-refractivity contribution in [2.45, 2.75) is 71.0 Å². The number of thiophene rings is 1. The lowest BCUT2D eigenvalue weighted by molar-refractivity contribution is -0.151. The van der Waals surface area contributed by atoms with Crippen molar-refractivity contribution < 1.29 is 28.1 Å². The summed E-state index contributed by atoms with van der Waals surface area (Å²) in [7, 11) is 2.17. The van der Waals surface area contributed by atoms with Gasteiger partial charge in [-0.1, -0.05) is 48.0 Å². The Morgan fingerprint density at radius 2 is 1.71 bits per heavy atom. The molecule has 0 N–H and O–H groups in total. The zero-order chi connectivity index (χ0) is 45.3. The molecule has 13 nitrogen and oxygen atoms in total. The van der Waals surface area contributed by atoms with Gasteiger partial charge in [0, 0.05) is 80.4 Å². The van der Waals surface area contributed by atoms with Gasteiger partial charge in [-0.3, -0.25) is 9.80 Å². The van der Waals surface area contributed by atoms with Crippen LogP contribution >= 0.6 is 22.9 Å². The molecule has 3 aromatic carbocycles. The van der Waals surface area contributed by atoms with E-state index in [1.807, 2.05) is 19.1 Å². The lowest BCUT2D eigenvalue weighted by atomic mass is 9.94. The number of ether oxygens (including phenoxy) is 4. The summed E-state index contributed by atoms with van der Waals surface area (Å²) in [5.41, 5.74) is 6.93. The molecule has 66 heavy (non-hydrogen) atoms. The smallest absolute Gasteiger partial charge is 0.347 e. The third-order valence-electron chi connectivity index (χ3n) is 13.3. The van der Waals surface area contributed by atoms with Crippen LogP contribution in [0.25, 0.3) is 31.8 Å². The number of morpholine rings is 1. The van der Waals surface area contributed by atoms with Gasteiger partial charge in [0.05, 0.1) is 43.0 Å². The number of rotatable bonds is 10. The summed E-state index contributed by atoms with van der Waals surface area (Å²) in [6, 6.07) is 19.2. The number of fused-ring (bicyclic) bond motifs is 8. The minimum absolute atomic E-state index is 0.129. The Kier molecular flexibility index (Phi) is 13.2. The Bertz CT molecular complexity index is 2700. The summed E-state index contributed by atoms with van der Waals surface area (Å²) >= 11 is 8.89. The van der Waals surface area contributed by atoms with Gasteiger partial charge in [0.25, 0.3) is 0 Å². The van der Waals surface area contributed by atoms with Crippen molar-refractivity contribution in [2.75, 3.05) is 71.0 Å². The van der Waals surface area contributed by atoms with Crippen LogP contribution in [-0.2, 0) is 40.4 Å². The summed E-state index contributed by atoms with van der Waals surface area (Å²) in [5, 5.41) is 1.29. The van der Waals surface area contributed by atoms with Crippen LogP contribution in [0.15, 0.2) is 73.2 Å². The van der Waals surface area contributed by atoms with Gasteiger partial charge in [0.2, 0.25) is 17.9 Å². The average Bonchev–Trinajstić information content (AvgIpc) is 3.83. The van der Waals surface area contributed by atoms with E-state index in [0.717, 1.165) is 102 Å². The fourth-order valence-corrected chi connectivity index (χ4v) is 11.1. The van der Waals surface area contributed by atoms with Crippen molar-refractivity contribution >= 4 is 45.1 Å². The predicted octanol–water partition coefficient (Wildman–Crippen LogP) is 7.98. The number of esters is 1. The lowest BCUT2D eigenvalue weighted by Crippen LogP contribution is -2.46. The minimum Gasteiger partial charge on any atom is -0.487 e. The first-order valence-corrected chi connectivity index (χ1v) is 24.1. The van der Waals surface area contributed by atoms with Crippen LogP contribution in [0, 0.1) is 12.7 Å². The van der Waals surface area contributed by atoms with E-state index in [9.17, 15) is 9.18 Å². The van der Waals surface area contributed by atoms with E-state index in [1.165, 1.54) is 29.8 Å². The number of carbonyl (C=O) groups is 1. The molecule has 344 valence electrons. The van der Waals surface area contributed by atoms with Crippen LogP contribution in [0.4, 0.5) is 10.3 Å². The molecule has 5 aliphatic heterocycles. The summed E-state index contributed by atoms with van der Waals surface area (Å²) in [6.45, 7) is 12.6. The van der Waals surface area contributed by atoms with E-state index >= 15 is 0 Å². The molecule has 5 aliphatic rings. The van der Waals surface area contributed by atoms with E-state index in [0.29, 0.717) is 53.2 Å². The molecule has 6 bridgehead atoms. The molecule has 0 unspecified atom stereocenters. The molecule has 8 heterocycles. The predicted molar refractivity (Wildman–Crippen MR) is 254 cm³/mol. The molecule has 0 radical (unpaired) electrons. The second-order valence-corrected chi connectivity index (χ2v) is 19.1. The lowest BCUT2D eigenvalue weighted by Gasteiger charge is -2.34. The molecule has 0 amide bonds. The second-order valence-electron chi connectivity index (χ2n) is 17.7. The minimum atomic E-state index is -1.11. The normalized spacial score (nSPS) is 20.4. The molecular weight excluding hydrogens is 879 g/mol. The van der Waals surface area contributed by atoms with Crippen LogP contribution in [-0.4, -0.2) is 125 Å². The van der Waals surface area contributed by atoms with Crippen LogP contribution in [0.3, 0.4) is 0 Å². The highest BCUT2D eigenvalue weighted by atomic mass is 35.5. The van der Waals surface area contributed by atoms with Gasteiger partial charge < -0.3 is 28.7 Å². The number of piperazine rings is 1. The maximum absolute atomic E-state index is 14.3. The van der Waals surface area contributed by atoms with E-state index < -0.39 is 12.1 Å². The summed E-state index contributed by atoms with van der Waals surface area (Å²) < 4.78 is 39.3. The number of hydrogen-bond donors (Lipinski definition) is 0. The summed E-state index contributed by atoms with van der Waals surface area (Å²) in [5.74, 6) is 0.654. The maximum Gasteiger partial charge on any atom is 0.347 e. The molecule has 11 rings (SSSR count). The Labute approximate surface area is 393 Å². The highest BCUT2D eigenvalue weighted by molar-refractivity contribution is 7.22. The van der Waals surface area contributed by atoms with Crippen molar-refractivity contribution in [1.29, 1.82) is 0 Å². The topological polar surface area (TPSA) is 119 Å². The van der Waals surface area contributed by atoms with Crippen LogP contribution in [0.1, 0.15) is 47.7 Å². The molecule has 0 saturated carbocycles. The zero-order valence-corrected chi connectivity index (χ0v) is 39.1. The SMILES string of the molecule is CCOC(=O)[C@H]1Cc2cc(ccc2OCc2ccnc(N3[C@@H]4CC[C@H]3COC4)n2)CN(CCN2CCN(C)CC2)Cc2ccc(c(C)c2Cl)-c2c(-c3ccc(F)cc3)sc3ncnc(c23)O1. The van der Waals surface area contributed by atoms with Gasteiger partial charge >= 0.3 is 5.97 Å². The van der Waals surface area contributed by atoms with Crippen molar-refractivity contribution in [2.24, 2.45) is 0 Å². The Morgan fingerprint density at radius 1 is 0.924 bits per heavy atom. The van der Waals surface area contributed by atoms with Crippen LogP contribution in [0.2, 0.25) is 5.02 Å². The standard InChI is InChI=1S/C50H54ClFN8O5S/c1-4-63-49(61)42-24-35-23-32(5-14-41(35)64-27-37-15-16-53-50(56-37)60-38-11-12-39(60)29-62-28-38)25-59(22-21-58-19-17-57(3)18-20-58)26-34-8-13-40(31(2)45(34)51)43-44-47(65-42)54-30-55-48(44)66-46(43)33-6-9-36(52)10-7-33/h5-10,13-16,23,30,38-39,42H,4,11-12,17-22,24-29H2,1-3H3/t38-,39+,42-/m1/s1. The Morgan fingerprint density at radius 3 is 2.50 bits per heavy atom. The van der Waals surface area contributed by atoms with Gasteiger partial charge in [-0.25, -0.2) is 29.1 Å². The Hall–Kier alpha value is -5.29. The second kappa shape index (κ2) is 19.5. The molecule has 3 saturated heterocycles. The molecule has 3 aromatic heterocycles. The van der Waals surface area contributed by atoms with Gasteiger partial charge in [-0.15, -0.1) is 11.3 Å². The van der Waals surface area contributed by atoms with Gasteiger partial charge in [0.1, 0.15) is 29.3 Å². The number of nitrogens with zero attached hydrogens (tertiary/aromatic N) is 8. The van der Waals surface area contributed by atoms with Gasteiger partial charge in [0.15, 0.2) is 0 Å². The number of halogens is 2. The van der Waals surface area contributed by atoms with Gasteiger partial charge in [-0.2, -0.15) is 0 Å². The van der Waals surface area contributed by atoms with Crippen molar-refractivity contribution in [3.63, 3.8) is 0 Å². The fourth-order valence-electron chi connectivity index (χ4n) is 9.73. The summed E-state index contributed by atoms with van der Waals surface area (Å²) in [4.78, 5) is 44.3. The van der Waals surface area contributed by atoms with E-state index in [1.54, 1.807) is 25.3 Å². The molecule has 0 spiro atoms. The summed E-state index contributed by atoms with van der Waals surface area (Å²) in [6.07, 6.45) is 4.37. The molecule has 0 aliphatic carbocycles. The first-order valence-electron chi connectivity index (χ1n) is 22.9. The maximum atomic E-state index is 14.3. The number of benzene rings is 3. The van der Waals surface area contributed by atoms with E-state index in [4.69, 9.17) is 40.5 Å².